The first-order chi connectivity index (χ1) is 19.7. The fourth-order valence-electron chi connectivity index (χ4n) is 4.69. The van der Waals surface area contributed by atoms with Crippen molar-refractivity contribution in [2.45, 2.75) is 51.3 Å². The maximum absolute atomic E-state index is 13.8. The van der Waals surface area contributed by atoms with Gasteiger partial charge in [0.05, 0.1) is 17.8 Å². The van der Waals surface area contributed by atoms with Crippen molar-refractivity contribution in [3.8, 4) is 5.75 Å². The number of halogens is 2. The average molecular weight is 566 g/mol. The summed E-state index contributed by atoms with van der Waals surface area (Å²) in [5.74, 6) is -2.25. The van der Waals surface area contributed by atoms with Crippen LogP contribution in [0.1, 0.15) is 36.5 Å². The van der Waals surface area contributed by atoms with Crippen molar-refractivity contribution in [2.75, 3.05) is 18.1 Å². The Kier molecular flexibility index (Phi) is 10.2. The van der Waals surface area contributed by atoms with Crippen LogP contribution in [0.2, 0.25) is 0 Å². The smallest absolute Gasteiger partial charge is 0.258 e. The van der Waals surface area contributed by atoms with Crippen LogP contribution in [0.5, 0.6) is 5.75 Å². The second-order valence-corrected chi connectivity index (χ2v) is 9.93. The number of aliphatic hydroxyl groups excluding tert-OH is 1. The molecule has 1 saturated heterocycles. The Morgan fingerprint density at radius 2 is 1.61 bits per heavy atom. The molecule has 0 aromatic heterocycles. The van der Waals surface area contributed by atoms with Crippen molar-refractivity contribution in [2.24, 2.45) is 0 Å². The van der Waals surface area contributed by atoms with E-state index >= 15 is 0 Å². The quantitative estimate of drug-likeness (QED) is 0.274. The lowest BCUT2D eigenvalue weighted by atomic mass is 10.0. The topological polar surface area (TPSA) is 108 Å². The lowest BCUT2D eigenvalue weighted by molar-refractivity contribution is -0.124. The van der Waals surface area contributed by atoms with Crippen molar-refractivity contribution < 1.29 is 33.0 Å². The number of amides is 3. The summed E-state index contributed by atoms with van der Waals surface area (Å²) < 4.78 is 33.2. The van der Waals surface area contributed by atoms with Gasteiger partial charge in [-0.1, -0.05) is 31.2 Å². The predicted molar refractivity (Wildman–Crippen MR) is 149 cm³/mol. The van der Waals surface area contributed by atoms with Crippen LogP contribution >= 0.6 is 0 Å². The van der Waals surface area contributed by atoms with Gasteiger partial charge in [0.2, 0.25) is 11.8 Å². The van der Waals surface area contributed by atoms with E-state index in [2.05, 4.69) is 23.6 Å². The van der Waals surface area contributed by atoms with Gasteiger partial charge in [0.15, 0.2) is 6.61 Å². The number of anilines is 1. The third kappa shape index (κ3) is 8.42. The number of aliphatic hydroxyl groups is 1. The first kappa shape index (κ1) is 29.8. The highest BCUT2D eigenvalue weighted by molar-refractivity contribution is 6.19. The molecule has 1 fully saturated rings. The van der Waals surface area contributed by atoms with Crippen molar-refractivity contribution in [3.63, 3.8) is 0 Å². The summed E-state index contributed by atoms with van der Waals surface area (Å²) in [6.07, 6.45) is 0.164. The monoisotopic (exact) mass is 565 g/mol. The Morgan fingerprint density at radius 3 is 2.27 bits per heavy atom. The van der Waals surface area contributed by atoms with Crippen LogP contribution in [0, 0.1) is 11.6 Å². The number of aryl methyl sites for hydroxylation is 1. The standard InChI is InChI=1S/C31H33F2N3O5/c1-2-20-4-3-5-21(12-20)17-34-18-28(37)27(15-22-13-23(32)16-24(33)14-22)35-29(38)19-41-26-8-6-25(7-9-26)36-30(39)10-11-31(36)40/h3-9,12-14,16,27-28,34,37H,2,10-11,15,17-19H2,1H3,(H,35,38)/t27-,28-/m0/s1. The van der Waals surface area contributed by atoms with Gasteiger partial charge in [-0.05, 0) is 65.9 Å². The minimum Gasteiger partial charge on any atom is -0.484 e. The molecule has 1 aliphatic heterocycles. The molecule has 0 spiro atoms. The van der Waals surface area contributed by atoms with Crippen molar-refractivity contribution in [1.29, 1.82) is 0 Å². The molecular weight excluding hydrogens is 532 g/mol. The molecule has 4 rings (SSSR count). The van der Waals surface area contributed by atoms with Crippen molar-refractivity contribution >= 4 is 23.4 Å². The zero-order valence-electron chi connectivity index (χ0n) is 22.7. The average Bonchev–Trinajstić information content (AvgIpc) is 3.28. The number of imide groups is 1. The molecule has 216 valence electrons. The molecule has 0 aliphatic carbocycles. The van der Waals surface area contributed by atoms with E-state index in [0.29, 0.717) is 18.0 Å². The van der Waals surface area contributed by atoms with Gasteiger partial charge in [0, 0.05) is 32.0 Å². The lowest BCUT2D eigenvalue weighted by Crippen LogP contribution is -2.49. The number of hydrogen-bond acceptors (Lipinski definition) is 6. The third-order valence-electron chi connectivity index (χ3n) is 6.79. The Morgan fingerprint density at radius 1 is 0.951 bits per heavy atom. The second-order valence-electron chi connectivity index (χ2n) is 9.93. The fraction of sp³-hybridized carbons (Fsp3) is 0.323. The molecule has 3 amide bonds. The lowest BCUT2D eigenvalue weighted by Gasteiger charge is -2.25. The molecule has 1 heterocycles. The summed E-state index contributed by atoms with van der Waals surface area (Å²) in [4.78, 5) is 37.7. The van der Waals surface area contributed by atoms with Crippen molar-refractivity contribution in [1.82, 2.24) is 10.6 Å². The van der Waals surface area contributed by atoms with Gasteiger partial charge in [0.1, 0.15) is 17.4 Å². The number of nitrogens with zero attached hydrogens (tertiary/aromatic N) is 1. The molecule has 3 N–H and O–H groups in total. The summed E-state index contributed by atoms with van der Waals surface area (Å²) in [6, 6.07) is 16.5. The van der Waals surface area contributed by atoms with Crippen LogP contribution in [-0.4, -0.2) is 48.1 Å². The van der Waals surface area contributed by atoms with Gasteiger partial charge in [-0.2, -0.15) is 0 Å². The van der Waals surface area contributed by atoms with Crippen LogP contribution in [0.4, 0.5) is 14.5 Å². The molecule has 3 aromatic carbocycles. The van der Waals surface area contributed by atoms with E-state index in [9.17, 15) is 28.3 Å². The second kappa shape index (κ2) is 14.0. The number of rotatable bonds is 13. The molecule has 0 radical (unpaired) electrons. The minimum absolute atomic E-state index is 0.0127. The Labute approximate surface area is 237 Å². The summed E-state index contributed by atoms with van der Waals surface area (Å²) in [5, 5.41) is 16.8. The van der Waals surface area contributed by atoms with Crippen LogP contribution in [0.3, 0.4) is 0 Å². The number of ether oxygens (including phenoxy) is 1. The highest BCUT2D eigenvalue weighted by Gasteiger charge is 2.30. The van der Waals surface area contributed by atoms with Gasteiger partial charge in [-0.15, -0.1) is 0 Å². The predicted octanol–water partition coefficient (Wildman–Crippen LogP) is 3.44. The number of nitrogens with one attached hydrogen (secondary N) is 2. The van der Waals surface area contributed by atoms with Crippen LogP contribution < -0.4 is 20.3 Å². The van der Waals surface area contributed by atoms with Crippen LogP contribution in [-0.2, 0) is 33.8 Å². The summed E-state index contributed by atoms with van der Waals surface area (Å²) >= 11 is 0. The van der Waals surface area contributed by atoms with E-state index in [4.69, 9.17) is 4.74 Å². The number of benzene rings is 3. The first-order valence-corrected chi connectivity index (χ1v) is 13.5. The summed E-state index contributed by atoms with van der Waals surface area (Å²) in [7, 11) is 0. The molecule has 8 nitrogen and oxygen atoms in total. The number of hydrogen-bond donors (Lipinski definition) is 3. The molecule has 10 heteroatoms. The van der Waals surface area contributed by atoms with Crippen LogP contribution in [0.25, 0.3) is 0 Å². The third-order valence-corrected chi connectivity index (χ3v) is 6.79. The first-order valence-electron chi connectivity index (χ1n) is 13.5. The minimum atomic E-state index is -1.07. The molecule has 0 unspecified atom stereocenters. The van der Waals surface area contributed by atoms with E-state index in [-0.39, 0.29) is 49.8 Å². The maximum atomic E-state index is 13.8. The largest absolute Gasteiger partial charge is 0.484 e. The Balaban J connectivity index is 1.36. The molecule has 0 saturated carbocycles. The van der Waals surface area contributed by atoms with E-state index in [1.54, 1.807) is 24.3 Å². The Hall–Kier alpha value is -4.15. The zero-order chi connectivity index (χ0) is 29.4. The van der Waals surface area contributed by atoms with Gasteiger partial charge < -0.3 is 20.5 Å². The molecule has 41 heavy (non-hydrogen) atoms. The van der Waals surface area contributed by atoms with E-state index in [1.165, 1.54) is 5.56 Å². The maximum Gasteiger partial charge on any atom is 0.258 e. The van der Waals surface area contributed by atoms with E-state index < -0.39 is 29.7 Å². The van der Waals surface area contributed by atoms with Crippen molar-refractivity contribution in [3.05, 3.63) is 95.1 Å². The number of carbonyl (C=O) groups is 3. The highest BCUT2D eigenvalue weighted by atomic mass is 19.1. The SMILES string of the molecule is CCc1cccc(CNC[C@H](O)[C@H](Cc2cc(F)cc(F)c2)NC(=O)COc2ccc(N3C(=O)CCC3=O)cc2)c1. The van der Waals surface area contributed by atoms with Gasteiger partial charge in [-0.25, -0.2) is 8.78 Å². The molecule has 1 aliphatic rings. The zero-order valence-corrected chi connectivity index (χ0v) is 22.7. The van der Waals surface area contributed by atoms with Gasteiger partial charge in [0.25, 0.3) is 5.91 Å². The summed E-state index contributed by atoms with van der Waals surface area (Å²) in [6.45, 7) is 2.29. The summed E-state index contributed by atoms with van der Waals surface area (Å²) in [5.41, 5.74) is 2.94. The fourth-order valence-corrected chi connectivity index (χ4v) is 4.69. The molecular formula is C31H33F2N3O5. The van der Waals surface area contributed by atoms with E-state index in [1.807, 2.05) is 18.2 Å². The van der Waals surface area contributed by atoms with Gasteiger partial charge in [-0.3, -0.25) is 19.3 Å². The van der Waals surface area contributed by atoms with Gasteiger partial charge >= 0.3 is 0 Å². The number of carbonyl (C=O) groups excluding carboxylic acids is 3. The van der Waals surface area contributed by atoms with Crippen LogP contribution in [0.15, 0.2) is 66.7 Å². The highest BCUT2D eigenvalue weighted by Crippen LogP contribution is 2.25. The molecule has 3 aromatic rings. The Bertz CT molecular complexity index is 1350. The molecule has 0 bridgehead atoms. The normalized spacial score (nSPS) is 14.7. The van der Waals surface area contributed by atoms with E-state index in [0.717, 1.165) is 35.1 Å². The molecule has 2 atom stereocenters.